The molecule has 1 aliphatic rings. The van der Waals surface area contributed by atoms with Crippen LogP contribution in [0.5, 0.6) is 0 Å². The number of nitrogens with zero attached hydrogens (tertiary/aromatic N) is 1. The summed E-state index contributed by atoms with van der Waals surface area (Å²) in [4.78, 5) is 49.0. The van der Waals surface area contributed by atoms with E-state index in [1.165, 1.54) is 27.0 Å². The molecule has 0 radical (unpaired) electrons. The maximum atomic E-state index is 12.3. The van der Waals surface area contributed by atoms with Gasteiger partial charge in [0.1, 0.15) is 17.4 Å². The Balaban J connectivity index is 2.47. The average Bonchev–Trinajstić information content (AvgIpc) is 2.85. The first-order valence-corrected chi connectivity index (χ1v) is 8.46. The summed E-state index contributed by atoms with van der Waals surface area (Å²) in [5, 5.41) is 0. The van der Waals surface area contributed by atoms with E-state index in [4.69, 9.17) is 31.2 Å². The van der Waals surface area contributed by atoms with Gasteiger partial charge in [0.2, 0.25) is 0 Å². The molecular formula is C16H20N2O8S. The van der Waals surface area contributed by atoms with Gasteiger partial charge >= 0.3 is 23.6 Å². The third kappa shape index (κ3) is 5.01. The lowest BCUT2D eigenvalue weighted by Gasteiger charge is -2.24. The van der Waals surface area contributed by atoms with Crippen LogP contribution < -0.4 is 5.69 Å². The Kier molecular flexibility index (Phi) is 6.50. The fourth-order valence-corrected chi connectivity index (χ4v) is 2.83. The van der Waals surface area contributed by atoms with Crippen molar-refractivity contribution in [3.8, 4) is 0 Å². The van der Waals surface area contributed by atoms with E-state index >= 15 is 0 Å². The third-order valence-electron chi connectivity index (χ3n) is 3.76. The van der Waals surface area contributed by atoms with Crippen LogP contribution in [-0.4, -0.2) is 52.4 Å². The lowest BCUT2D eigenvalue weighted by Crippen LogP contribution is -2.41. The molecule has 1 aliphatic heterocycles. The van der Waals surface area contributed by atoms with Crippen LogP contribution in [0.4, 0.5) is 0 Å². The number of nitrogens with one attached hydrogen (secondary N) is 1. The van der Waals surface area contributed by atoms with Gasteiger partial charge < -0.3 is 18.9 Å². The first-order chi connectivity index (χ1) is 12.6. The highest BCUT2D eigenvalue weighted by atomic mass is 32.1. The van der Waals surface area contributed by atoms with Crippen LogP contribution in [0, 0.1) is 11.6 Å². The highest BCUT2D eigenvalue weighted by Gasteiger charge is 2.50. The highest BCUT2D eigenvalue weighted by Crippen LogP contribution is 2.33. The molecule has 0 saturated carbocycles. The summed E-state index contributed by atoms with van der Waals surface area (Å²) in [6.45, 7) is 5.00. The molecule has 10 nitrogen and oxygen atoms in total. The molecule has 27 heavy (non-hydrogen) atoms. The molecule has 11 heteroatoms. The number of aromatic amines is 1. The molecule has 2 heterocycles. The molecule has 0 unspecified atom stereocenters. The second-order valence-corrected chi connectivity index (χ2v) is 6.40. The Morgan fingerprint density at radius 1 is 1.15 bits per heavy atom. The van der Waals surface area contributed by atoms with Crippen LogP contribution in [0.2, 0.25) is 0 Å². The van der Waals surface area contributed by atoms with Crippen LogP contribution >= 0.6 is 12.2 Å². The molecule has 0 aliphatic carbocycles. The molecule has 0 bridgehead atoms. The van der Waals surface area contributed by atoms with Gasteiger partial charge in [-0.3, -0.25) is 23.9 Å². The number of rotatable bonds is 5. The minimum absolute atomic E-state index is 0.252. The van der Waals surface area contributed by atoms with Gasteiger partial charge in [-0.05, 0) is 6.92 Å². The van der Waals surface area contributed by atoms with Gasteiger partial charge in [0.05, 0.1) is 0 Å². The lowest BCUT2D eigenvalue weighted by atomic mass is 10.1. The monoisotopic (exact) mass is 400 g/mol. The van der Waals surface area contributed by atoms with Gasteiger partial charge in [-0.1, -0.05) is 12.2 Å². The molecule has 148 valence electrons. The van der Waals surface area contributed by atoms with Crippen molar-refractivity contribution >= 4 is 30.1 Å². The molecule has 1 fully saturated rings. The van der Waals surface area contributed by atoms with Gasteiger partial charge in [-0.25, -0.2) is 4.79 Å². The standard InChI is InChI=1S/C16H20N2O8S/c1-7-5-18(16(22)17-14(7)27)15-13(25-10(4)21)12(24-9(3)20)11(26-15)6-23-8(2)19/h5,11-13,15H,6H2,1-4H3,(H,17,22,27)/t11-,12-,13+,15-/m1/s1. The Morgan fingerprint density at radius 3 is 2.30 bits per heavy atom. The topological polar surface area (TPSA) is 126 Å². The zero-order chi connectivity index (χ0) is 20.3. The highest BCUT2D eigenvalue weighted by molar-refractivity contribution is 7.71. The third-order valence-corrected chi connectivity index (χ3v) is 4.18. The number of esters is 3. The Labute approximate surface area is 159 Å². The normalized spacial score (nSPS) is 24.3. The maximum absolute atomic E-state index is 12.3. The summed E-state index contributed by atoms with van der Waals surface area (Å²) in [6, 6.07) is 0. The Hall–Kier alpha value is -2.53. The van der Waals surface area contributed by atoms with Gasteiger partial charge in [-0.2, -0.15) is 0 Å². The van der Waals surface area contributed by atoms with Crippen LogP contribution in [0.1, 0.15) is 32.6 Å². The summed E-state index contributed by atoms with van der Waals surface area (Å²) >= 11 is 5.03. The van der Waals surface area contributed by atoms with Crippen molar-refractivity contribution in [3.05, 3.63) is 26.9 Å². The number of hydrogen-bond donors (Lipinski definition) is 1. The molecule has 1 saturated heterocycles. The molecular weight excluding hydrogens is 380 g/mol. The number of ether oxygens (including phenoxy) is 4. The van der Waals surface area contributed by atoms with Crippen molar-refractivity contribution in [1.29, 1.82) is 0 Å². The fourth-order valence-electron chi connectivity index (χ4n) is 2.69. The zero-order valence-electron chi connectivity index (χ0n) is 15.2. The van der Waals surface area contributed by atoms with Gasteiger partial charge in [0.25, 0.3) is 0 Å². The molecule has 0 amide bonds. The number of aromatic nitrogens is 2. The average molecular weight is 400 g/mol. The van der Waals surface area contributed by atoms with E-state index in [9.17, 15) is 19.2 Å². The maximum Gasteiger partial charge on any atom is 0.328 e. The van der Waals surface area contributed by atoms with E-state index in [1.807, 2.05) is 0 Å². The number of hydrogen-bond acceptors (Lipinski definition) is 9. The van der Waals surface area contributed by atoms with Crippen LogP contribution in [0.3, 0.4) is 0 Å². The summed E-state index contributed by atoms with van der Waals surface area (Å²) in [5.41, 5.74) is -0.00953. The molecule has 1 N–H and O–H groups in total. The Bertz CT molecular complexity index is 861. The summed E-state index contributed by atoms with van der Waals surface area (Å²) in [7, 11) is 0. The summed E-state index contributed by atoms with van der Waals surface area (Å²) < 4.78 is 22.6. The zero-order valence-corrected chi connectivity index (χ0v) is 16.0. The predicted octanol–water partition coefficient (Wildman–Crippen LogP) is 0.538. The van der Waals surface area contributed by atoms with E-state index in [2.05, 4.69) is 4.98 Å². The largest absolute Gasteiger partial charge is 0.463 e. The predicted molar refractivity (Wildman–Crippen MR) is 92.3 cm³/mol. The molecule has 0 aromatic carbocycles. The van der Waals surface area contributed by atoms with E-state index in [0.717, 1.165) is 4.57 Å². The van der Waals surface area contributed by atoms with Crippen molar-refractivity contribution in [2.75, 3.05) is 6.61 Å². The van der Waals surface area contributed by atoms with Crippen LogP contribution in [0.25, 0.3) is 0 Å². The van der Waals surface area contributed by atoms with E-state index in [-0.39, 0.29) is 11.2 Å². The first-order valence-electron chi connectivity index (χ1n) is 8.05. The van der Waals surface area contributed by atoms with Crippen molar-refractivity contribution < 1.29 is 33.3 Å². The fraction of sp³-hybridized carbons (Fsp3) is 0.562. The van der Waals surface area contributed by atoms with E-state index in [1.54, 1.807) is 6.92 Å². The van der Waals surface area contributed by atoms with E-state index in [0.29, 0.717) is 5.56 Å². The molecule has 4 atom stereocenters. The van der Waals surface area contributed by atoms with Crippen LogP contribution in [-0.2, 0) is 33.3 Å². The van der Waals surface area contributed by atoms with Gasteiger partial charge in [-0.15, -0.1) is 0 Å². The summed E-state index contributed by atoms with van der Waals surface area (Å²) in [5.74, 6) is -1.87. The SMILES string of the molecule is CC(=O)OC[C@H]1O[C@@H](n2cc(C)c(=S)[nH]c2=O)[C@@H](OC(C)=O)[C@@H]1OC(C)=O. The number of aryl methyl sites for hydroxylation is 1. The van der Waals surface area contributed by atoms with Crippen molar-refractivity contribution in [2.24, 2.45) is 0 Å². The minimum Gasteiger partial charge on any atom is -0.463 e. The smallest absolute Gasteiger partial charge is 0.328 e. The van der Waals surface area contributed by atoms with Crippen LogP contribution in [0.15, 0.2) is 11.0 Å². The van der Waals surface area contributed by atoms with Gasteiger partial charge in [0.15, 0.2) is 18.4 Å². The Morgan fingerprint density at radius 2 is 1.74 bits per heavy atom. The van der Waals surface area contributed by atoms with E-state index < -0.39 is 48.1 Å². The minimum atomic E-state index is -1.13. The second-order valence-electron chi connectivity index (χ2n) is 5.99. The first kappa shape index (κ1) is 20.8. The number of H-pyrrole nitrogens is 1. The number of carbonyl (C=O) groups excluding carboxylic acids is 3. The van der Waals surface area contributed by atoms with Gasteiger partial charge in [0, 0.05) is 32.5 Å². The number of carbonyl (C=O) groups is 3. The lowest BCUT2D eigenvalue weighted by molar-refractivity contribution is -0.166. The molecule has 1 aromatic heterocycles. The molecule has 0 spiro atoms. The molecule has 1 aromatic rings. The second kappa shape index (κ2) is 8.44. The van der Waals surface area contributed by atoms with Crippen molar-refractivity contribution in [1.82, 2.24) is 9.55 Å². The summed E-state index contributed by atoms with van der Waals surface area (Å²) in [6.07, 6.45) is -2.82. The quantitative estimate of drug-likeness (QED) is 0.428. The van der Waals surface area contributed by atoms with Crippen molar-refractivity contribution in [2.45, 2.75) is 52.2 Å². The van der Waals surface area contributed by atoms with Crippen molar-refractivity contribution in [3.63, 3.8) is 0 Å². The molecule has 2 rings (SSSR count).